The first kappa shape index (κ1) is 21.7. The number of nitrogens with one attached hydrogen (secondary N) is 1. The van der Waals surface area contributed by atoms with E-state index in [2.05, 4.69) is 27.4 Å². The molecular formula is C23H25ClF2N4O2S. The van der Waals surface area contributed by atoms with Crippen molar-refractivity contribution in [1.82, 2.24) is 9.97 Å². The Hall–Kier alpha value is -1.84. The van der Waals surface area contributed by atoms with E-state index >= 15 is 0 Å². The Kier molecular flexibility index (Phi) is 4.98. The number of nitrogens with zero attached hydrogens (tertiary/aromatic N) is 3. The van der Waals surface area contributed by atoms with Gasteiger partial charge in [-0.1, -0.05) is 23.7 Å². The lowest BCUT2D eigenvalue weighted by Crippen LogP contribution is -2.49. The maximum atomic E-state index is 14.8. The fourth-order valence-corrected chi connectivity index (χ4v) is 7.37. The summed E-state index contributed by atoms with van der Waals surface area (Å²) >= 11 is 6.04. The number of piperidine rings is 1. The minimum atomic E-state index is -3.26. The molecule has 2 saturated carbocycles. The molecule has 2 bridgehead atoms. The van der Waals surface area contributed by atoms with Gasteiger partial charge in [0, 0.05) is 17.6 Å². The van der Waals surface area contributed by atoms with E-state index in [0.717, 1.165) is 32.1 Å². The van der Waals surface area contributed by atoms with Crippen LogP contribution in [0.4, 0.5) is 20.5 Å². The molecule has 1 aromatic heterocycles. The van der Waals surface area contributed by atoms with Crippen LogP contribution in [-0.2, 0) is 16.7 Å². The van der Waals surface area contributed by atoms with Crippen molar-refractivity contribution >= 4 is 34.2 Å². The second kappa shape index (κ2) is 7.58. The maximum absolute atomic E-state index is 14.8. The number of aliphatic hydroxyl groups excluding tert-OH is 1. The molecule has 10 heteroatoms. The van der Waals surface area contributed by atoms with Crippen LogP contribution in [0, 0.1) is 5.92 Å². The van der Waals surface area contributed by atoms with Gasteiger partial charge >= 0.3 is 5.92 Å². The van der Waals surface area contributed by atoms with Crippen LogP contribution in [0.5, 0.6) is 0 Å². The minimum absolute atomic E-state index is 0.00753. The molecule has 0 amide bonds. The van der Waals surface area contributed by atoms with Crippen molar-refractivity contribution in [2.45, 2.75) is 60.4 Å². The highest BCUT2D eigenvalue weighted by molar-refractivity contribution is 7.85. The SMILES string of the molecule is O=S1CC(F)(F)c2nc(N3CC4CC3CC4c3ccc(Cl)cc3)nc(NC3(CO)CCC3)c21. The van der Waals surface area contributed by atoms with Gasteiger partial charge in [-0.05, 0) is 61.6 Å². The summed E-state index contributed by atoms with van der Waals surface area (Å²) in [5, 5.41) is 13.8. The predicted octanol–water partition coefficient (Wildman–Crippen LogP) is 4.05. The topological polar surface area (TPSA) is 78.4 Å². The van der Waals surface area contributed by atoms with Crippen LogP contribution in [0.2, 0.25) is 5.02 Å². The van der Waals surface area contributed by atoms with Gasteiger partial charge in [-0.15, -0.1) is 0 Å². The number of benzene rings is 1. The molecule has 4 aliphatic rings. The molecule has 176 valence electrons. The van der Waals surface area contributed by atoms with Gasteiger partial charge in [0.25, 0.3) is 0 Å². The Morgan fingerprint density at radius 2 is 1.97 bits per heavy atom. The normalized spacial score (nSPS) is 30.8. The molecule has 2 N–H and O–H groups in total. The molecule has 6 rings (SSSR count). The quantitative estimate of drug-likeness (QED) is 0.653. The van der Waals surface area contributed by atoms with Crippen LogP contribution in [0.3, 0.4) is 0 Å². The summed E-state index contributed by atoms with van der Waals surface area (Å²) in [6.45, 7) is 0.567. The number of hydrogen-bond acceptors (Lipinski definition) is 6. The van der Waals surface area contributed by atoms with Gasteiger partial charge < -0.3 is 15.3 Å². The summed E-state index contributed by atoms with van der Waals surface area (Å²) in [7, 11) is -1.89. The largest absolute Gasteiger partial charge is 0.394 e. The zero-order chi connectivity index (χ0) is 23.0. The number of anilines is 2. The molecule has 0 radical (unpaired) electrons. The van der Waals surface area contributed by atoms with E-state index in [1.54, 1.807) is 0 Å². The molecule has 0 spiro atoms. The fraction of sp³-hybridized carbons (Fsp3) is 0.565. The highest BCUT2D eigenvalue weighted by atomic mass is 35.5. The molecule has 33 heavy (non-hydrogen) atoms. The van der Waals surface area contributed by atoms with Crippen molar-refractivity contribution in [3.8, 4) is 0 Å². The van der Waals surface area contributed by atoms with Gasteiger partial charge in [0.05, 0.1) is 28.7 Å². The Morgan fingerprint density at radius 1 is 1.21 bits per heavy atom. The number of alkyl halides is 2. The Balaban J connectivity index is 1.33. The lowest BCUT2D eigenvalue weighted by molar-refractivity contribution is 0.0191. The predicted molar refractivity (Wildman–Crippen MR) is 123 cm³/mol. The summed E-state index contributed by atoms with van der Waals surface area (Å²) in [4.78, 5) is 10.9. The van der Waals surface area contributed by atoms with Crippen molar-refractivity contribution in [1.29, 1.82) is 0 Å². The van der Waals surface area contributed by atoms with E-state index in [1.807, 2.05) is 17.0 Å². The molecular weight excluding hydrogens is 470 g/mol. The highest BCUT2D eigenvalue weighted by Crippen LogP contribution is 2.50. The van der Waals surface area contributed by atoms with Crippen molar-refractivity contribution in [2.75, 3.05) is 29.1 Å². The molecule has 2 aliphatic carbocycles. The van der Waals surface area contributed by atoms with Crippen LogP contribution in [0.1, 0.15) is 49.3 Å². The van der Waals surface area contributed by atoms with Gasteiger partial charge in [0.2, 0.25) is 5.95 Å². The van der Waals surface area contributed by atoms with E-state index in [-0.39, 0.29) is 29.3 Å². The first-order chi connectivity index (χ1) is 15.8. The Morgan fingerprint density at radius 3 is 2.58 bits per heavy atom. The van der Waals surface area contributed by atoms with Crippen LogP contribution in [0.15, 0.2) is 29.2 Å². The third-order valence-corrected chi connectivity index (χ3v) is 9.55. The lowest BCUT2D eigenvalue weighted by Gasteiger charge is -2.42. The zero-order valence-electron chi connectivity index (χ0n) is 17.9. The van der Waals surface area contributed by atoms with Gasteiger partial charge in [-0.3, -0.25) is 4.21 Å². The van der Waals surface area contributed by atoms with Crippen molar-refractivity contribution < 1.29 is 18.1 Å². The van der Waals surface area contributed by atoms with Crippen molar-refractivity contribution in [3.05, 3.63) is 40.5 Å². The second-order valence-electron chi connectivity index (χ2n) is 9.86. The number of fused-ring (bicyclic) bond motifs is 3. The Bertz CT molecular complexity index is 1120. The molecule has 4 atom stereocenters. The molecule has 1 aromatic carbocycles. The van der Waals surface area contributed by atoms with E-state index < -0.39 is 33.7 Å². The van der Waals surface area contributed by atoms with Crippen molar-refractivity contribution in [2.24, 2.45) is 5.92 Å². The Labute approximate surface area is 198 Å². The summed E-state index contributed by atoms with van der Waals surface area (Å²) in [5.41, 5.74) is 0.226. The average Bonchev–Trinajstić information content (AvgIpc) is 3.42. The molecule has 1 saturated heterocycles. The molecule has 3 heterocycles. The van der Waals surface area contributed by atoms with Gasteiger partial charge in [-0.25, -0.2) is 4.98 Å². The molecule has 2 aromatic rings. The van der Waals surface area contributed by atoms with E-state index in [0.29, 0.717) is 23.4 Å². The van der Waals surface area contributed by atoms with Gasteiger partial charge in [0.1, 0.15) is 16.4 Å². The number of aliphatic hydroxyl groups is 1. The summed E-state index contributed by atoms with van der Waals surface area (Å²) in [5.74, 6) is -2.79. The fourth-order valence-electron chi connectivity index (χ4n) is 5.91. The zero-order valence-corrected chi connectivity index (χ0v) is 19.5. The molecule has 4 unspecified atom stereocenters. The van der Waals surface area contributed by atoms with Gasteiger partial charge in [-0.2, -0.15) is 13.8 Å². The number of halogens is 3. The third-order valence-electron chi connectivity index (χ3n) is 7.83. The minimum Gasteiger partial charge on any atom is -0.394 e. The summed E-state index contributed by atoms with van der Waals surface area (Å²) < 4.78 is 42.1. The smallest absolute Gasteiger partial charge is 0.302 e. The van der Waals surface area contributed by atoms with Crippen LogP contribution in [0.25, 0.3) is 0 Å². The second-order valence-corrected chi connectivity index (χ2v) is 11.7. The number of hydrogen-bond donors (Lipinski definition) is 2. The van der Waals surface area contributed by atoms with Crippen molar-refractivity contribution in [3.63, 3.8) is 0 Å². The van der Waals surface area contributed by atoms with Crippen LogP contribution in [-0.4, -0.2) is 49.8 Å². The first-order valence-electron chi connectivity index (χ1n) is 11.4. The highest BCUT2D eigenvalue weighted by Gasteiger charge is 2.51. The lowest BCUT2D eigenvalue weighted by atomic mass is 9.77. The molecule has 3 fully saturated rings. The van der Waals surface area contributed by atoms with E-state index in [4.69, 9.17) is 11.6 Å². The average molecular weight is 495 g/mol. The van der Waals surface area contributed by atoms with E-state index in [1.165, 1.54) is 5.56 Å². The number of rotatable bonds is 5. The summed E-state index contributed by atoms with van der Waals surface area (Å²) in [6, 6.07) is 8.10. The molecule has 6 nitrogen and oxygen atoms in total. The number of aromatic nitrogens is 2. The van der Waals surface area contributed by atoms with E-state index in [9.17, 15) is 18.1 Å². The summed E-state index contributed by atoms with van der Waals surface area (Å²) in [6.07, 6.45) is 4.24. The third kappa shape index (κ3) is 3.46. The first-order valence-corrected chi connectivity index (χ1v) is 13.1. The van der Waals surface area contributed by atoms with Crippen LogP contribution >= 0.6 is 11.6 Å². The van der Waals surface area contributed by atoms with Crippen LogP contribution < -0.4 is 10.2 Å². The maximum Gasteiger partial charge on any atom is 0.302 e. The monoisotopic (exact) mass is 494 g/mol. The standard InChI is InChI=1S/C23H25ClF2N4O2S/c24-15-4-2-13(3-5-15)17-9-16-8-14(17)10-30(16)21-27-19-18(33(32)12-23(19,25)26)20(28-21)29-22(11-31)6-1-7-22/h2-5,14,16-17,31H,1,6-12H2,(H,27,28,29). The van der Waals surface area contributed by atoms with Gasteiger partial charge in [0.15, 0.2) is 0 Å². The molecule has 2 aliphatic heterocycles.